The Hall–Kier alpha value is -3.22. The van der Waals surface area contributed by atoms with Crippen molar-refractivity contribution in [1.82, 2.24) is 5.32 Å². The number of carbonyl (C=O) groups excluding carboxylic acids is 2. The minimum atomic E-state index is -0.277. The number of carbonyl (C=O) groups is 2. The number of rotatable bonds is 7. The van der Waals surface area contributed by atoms with E-state index in [9.17, 15) is 9.59 Å². The van der Waals surface area contributed by atoms with Crippen LogP contribution >= 0.6 is 0 Å². The van der Waals surface area contributed by atoms with Crippen molar-refractivity contribution >= 4 is 11.7 Å². The molecule has 2 aromatic carbocycles. The lowest BCUT2D eigenvalue weighted by atomic mass is 10.1. The molecule has 26 heavy (non-hydrogen) atoms. The van der Waals surface area contributed by atoms with Crippen LogP contribution in [0.4, 0.5) is 0 Å². The standard InChI is InChI=1S/C19H19NO6/c1-12(21)14-4-6-15(17(8-14)23-2)24-10-19(22)20-9-13-3-5-16-18(7-13)26-11-25-16/h3-8H,9-11H2,1-2H3,(H,20,22). The van der Waals surface area contributed by atoms with Crippen molar-refractivity contribution < 1.29 is 28.5 Å². The van der Waals surface area contributed by atoms with E-state index in [2.05, 4.69) is 5.32 Å². The summed E-state index contributed by atoms with van der Waals surface area (Å²) >= 11 is 0. The molecule has 0 spiro atoms. The average molecular weight is 357 g/mol. The van der Waals surface area contributed by atoms with Crippen LogP contribution in [0.5, 0.6) is 23.0 Å². The van der Waals surface area contributed by atoms with Crippen LogP contribution in [-0.4, -0.2) is 32.2 Å². The van der Waals surface area contributed by atoms with Crippen molar-refractivity contribution in [3.63, 3.8) is 0 Å². The summed E-state index contributed by atoms with van der Waals surface area (Å²) in [5.74, 6) is 1.82. The van der Waals surface area contributed by atoms with Crippen LogP contribution in [0.1, 0.15) is 22.8 Å². The normalized spacial score (nSPS) is 11.8. The molecule has 1 N–H and O–H groups in total. The first-order valence-corrected chi connectivity index (χ1v) is 8.04. The predicted octanol–water partition coefficient (Wildman–Crippen LogP) is 2.32. The van der Waals surface area contributed by atoms with Gasteiger partial charge >= 0.3 is 0 Å². The van der Waals surface area contributed by atoms with Gasteiger partial charge in [-0.1, -0.05) is 6.07 Å². The molecule has 0 fully saturated rings. The SMILES string of the molecule is COc1cc(C(C)=O)ccc1OCC(=O)NCc1ccc2c(c1)OCO2. The van der Waals surface area contributed by atoms with Crippen molar-refractivity contribution in [1.29, 1.82) is 0 Å². The average Bonchev–Trinajstić information content (AvgIpc) is 3.12. The largest absolute Gasteiger partial charge is 0.493 e. The summed E-state index contributed by atoms with van der Waals surface area (Å²) < 4.78 is 21.3. The quantitative estimate of drug-likeness (QED) is 0.766. The summed E-state index contributed by atoms with van der Waals surface area (Å²) in [6.07, 6.45) is 0. The van der Waals surface area contributed by atoms with E-state index < -0.39 is 0 Å². The number of amides is 1. The zero-order valence-corrected chi connectivity index (χ0v) is 14.5. The summed E-state index contributed by atoms with van der Waals surface area (Å²) in [6.45, 7) is 1.86. The van der Waals surface area contributed by atoms with Gasteiger partial charge in [0.15, 0.2) is 35.4 Å². The first-order valence-electron chi connectivity index (χ1n) is 8.04. The molecule has 7 nitrogen and oxygen atoms in total. The molecule has 0 atom stereocenters. The van der Waals surface area contributed by atoms with E-state index in [0.29, 0.717) is 35.1 Å². The molecule has 136 valence electrons. The number of ether oxygens (including phenoxy) is 4. The summed E-state index contributed by atoms with van der Waals surface area (Å²) in [4.78, 5) is 23.4. The van der Waals surface area contributed by atoms with Gasteiger partial charge in [0.2, 0.25) is 6.79 Å². The lowest BCUT2D eigenvalue weighted by molar-refractivity contribution is -0.123. The van der Waals surface area contributed by atoms with Gasteiger partial charge in [0, 0.05) is 12.1 Å². The molecule has 0 bridgehead atoms. The van der Waals surface area contributed by atoms with Crippen LogP contribution in [0.25, 0.3) is 0 Å². The Kier molecular flexibility index (Phi) is 5.26. The molecule has 1 aliphatic heterocycles. The molecule has 0 unspecified atom stereocenters. The third-order valence-corrected chi connectivity index (χ3v) is 3.86. The molecular formula is C19H19NO6. The maximum absolute atomic E-state index is 12.0. The molecule has 0 saturated heterocycles. The molecule has 0 saturated carbocycles. The number of benzene rings is 2. The lowest BCUT2D eigenvalue weighted by Crippen LogP contribution is -2.28. The zero-order valence-electron chi connectivity index (χ0n) is 14.5. The van der Waals surface area contributed by atoms with Crippen molar-refractivity contribution in [2.75, 3.05) is 20.5 Å². The highest BCUT2D eigenvalue weighted by atomic mass is 16.7. The predicted molar refractivity (Wildman–Crippen MR) is 92.9 cm³/mol. The highest BCUT2D eigenvalue weighted by molar-refractivity contribution is 5.94. The Morgan fingerprint density at radius 2 is 1.88 bits per heavy atom. The number of Topliss-reactive ketones (excluding diaryl/α,β-unsaturated/α-hetero) is 1. The number of nitrogens with one attached hydrogen (secondary N) is 1. The van der Waals surface area contributed by atoms with E-state index in [1.165, 1.54) is 14.0 Å². The highest BCUT2D eigenvalue weighted by Crippen LogP contribution is 2.32. The zero-order chi connectivity index (χ0) is 18.5. The topological polar surface area (TPSA) is 83.1 Å². The number of fused-ring (bicyclic) bond motifs is 1. The van der Waals surface area contributed by atoms with Crippen molar-refractivity contribution in [2.45, 2.75) is 13.5 Å². The van der Waals surface area contributed by atoms with Crippen molar-refractivity contribution in [2.24, 2.45) is 0 Å². The van der Waals surface area contributed by atoms with Gasteiger partial charge in [-0.15, -0.1) is 0 Å². The van der Waals surface area contributed by atoms with Gasteiger partial charge in [-0.3, -0.25) is 9.59 Å². The Bertz CT molecular complexity index is 833. The maximum atomic E-state index is 12.0. The Morgan fingerprint density at radius 3 is 2.65 bits per heavy atom. The molecule has 0 radical (unpaired) electrons. The van der Waals surface area contributed by atoms with Crippen LogP contribution in [0.15, 0.2) is 36.4 Å². The summed E-state index contributed by atoms with van der Waals surface area (Å²) in [6, 6.07) is 10.3. The number of hydrogen-bond donors (Lipinski definition) is 1. The van der Waals surface area contributed by atoms with Gasteiger partial charge in [-0.2, -0.15) is 0 Å². The highest BCUT2D eigenvalue weighted by Gasteiger charge is 2.14. The summed E-state index contributed by atoms with van der Waals surface area (Å²) in [7, 11) is 1.48. The smallest absolute Gasteiger partial charge is 0.258 e. The third-order valence-electron chi connectivity index (χ3n) is 3.86. The van der Waals surface area contributed by atoms with E-state index in [1.54, 1.807) is 18.2 Å². The molecule has 1 amide bonds. The molecule has 0 aromatic heterocycles. The molecule has 0 aliphatic carbocycles. The fraction of sp³-hybridized carbons (Fsp3) is 0.263. The van der Waals surface area contributed by atoms with E-state index in [-0.39, 0.29) is 25.1 Å². The second-order valence-electron chi connectivity index (χ2n) is 5.67. The molecule has 1 aliphatic rings. The number of hydrogen-bond acceptors (Lipinski definition) is 6. The maximum Gasteiger partial charge on any atom is 0.258 e. The van der Waals surface area contributed by atoms with Gasteiger partial charge in [0.25, 0.3) is 5.91 Å². The lowest BCUT2D eigenvalue weighted by Gasteiger charge is -2.12. The van der Waals surface area contributed by atoms with E-state index in [0.717, 1.165) is 5.56 Å². The molecule has 3 rings (SSSR count). The summed E-state index contributed by atoms with van der Waals surface area (Å²) in [5.41, 5.74) is 1.41. The van der Waals surface area contributed by atoms with Gasteiger partial charge in [0.1, 0.15) is 0 Å². The second-order valence-corrected chi connectivity index (χ2v) is 5.67. The van der Waals surface area contributed by atoms with E-state index >= 15 is 0 Å². The van der Waals surface area contributed by atoms with Crippen LogP contribution in [-0.2, 0) is 11.3 Å². The Labute approximate surface area is 150 Å². The third kappa shape index (κ3) is 4.05. The monoisotopic (exact) mass is 357 g/mol. The first-order chi connectivity index (χ1) is 12.6. The molecular weight excluding hydrogens is 338 g/mol. The Morgan fingerprint density at radius 1 is 1.08 bits per heavy atom. The van der Waals surface area contributed by atoms with Gasteiger partial charge < -0.3 is 24.3 Å². The van der Waals surface area contributed by atoms with Gasteiger partial charge in [-0.25, -0.2) is 0 Å². The van der Waals surface area contributed by atoms with Crippen LogP contribution < -0.4 is 24.3 Å². The van der Waals surface area contributed by atoms with E-state index in [1.807, 2.05) is 18.2 Å². The van der Waals surface area contributed by atoms with Gasteiger partial charge in [-0.05, 0) is 42.8 Å². The van der Waals surface area contributed by atoms with Gasteiger partial charge in [0.05, 0.1) is 7.11 Å². The van der Waals surface area contributed by atoms with E-state index in [4.69, 9.17) is 18.9 Å². The van der Waals surface area contributed by atoms with Crippen molar-refractivity contribution in [3.05, 3.63) is 47.5 Å². The second kappa shape index (κ2) is 7.77. The summed E-state index contributed by atoms with van der Waals surface area (Å²) in [5, 5.41) is 2.77. The van der Waals surface area contributed by atoms with Crippen LogP contribution in [0.2, 0.25) is 0 Å². The fourth-order valence-electron chi connectivity index (χ4n) is 2.45. The Balaban J connectivity index is 1.53. The molecule has 2 aromatic rings. The minimum absolute atomic E-state index is 0.0729. The van der Waals surface area contributed by atoms with Crippen molar-refractivity contribution in [3.8, 4) is 23.0 Å². The number of ketones is 1. The molecule has 1 heterocycles. The first kappa shape index (κ1) is 17.6. The molecule has 7 heteroatoms. The number of methoxy groups -OCH3 is 1. The van der Waals surface area contributed by atoms with Crippen LogP contribution in [0.3, 0.4) is 0 Å². The fourth-order valence-corrected chi connectivity index (χ4v) is 2.45. The van der Waals surface area contributed by atoms with Crippen LogP contribution in [0, 0.1) is 0 Å². The minimum Gasteiger partial charge on any atom is -0.493 e.